The van der Waals surface area contributed by atoms with Gasteiger partial charge in [0.15, 0.2) is 0 Å². The molecule has 0 fully saturated rings. The lowest BCUT2D eigenvalue weighted by Gasteiger charge is -2.22. The minimum atomic E-state index is -0.0457. The van der Waals surface area contributed by atoms with Crippen molar-refractivity contribution in [1.82, 2.24) is 4.57 Å². The molecule has 0 bridgehead atoms. The molecule has 4 heteroatoms. The van der Waals surface area contributed by atoms with Crippen molar-refractivity contribution in [1.29, 1.82) is 0 Å². The molecule has 1 heterocycles. The summed E-state index contributed by atoms with van der Waals surface area (Å²) in [4.78, 5) is 0. The highest BCUT2D eigenvalue weighted by molar-refractivity contribution is 14.1. The molecule has 0 unspecified atom stereocenters. The van der Waals surface area contributed by atoms with Crippen LogP contribution in [0.3, 0.4) is 0 Å². The van der Waals surface area contributed by atoms with Crippen molar-refractivity contribution < 1.29 is 0 Å². The average molecular weight is 1100 g/mol. The van der Waals surface area contributed by atoms with Gasteiger partial charge < -0.3 is 4.57 Å². The maximum Gasteiger partial charge on any atom is 0.0547 e. The number of benzene rings is 10. The lowest BCUT2D eigenvalue weighted by atomic mass is 9.82. The van der Waals surface area contributed by atoms with Crippen LogP contribution in [0.25, 0.3) is 82.4 Å². The van der Waals surface area contributed by atoms with Gasteiger partial charge in [-0.25, -0.2) is 0 Å². The number of nitrogens with zero attached hydrogens (tertiary/aromatic N) is 1. The van der Waals surface area contributed by atoms with E-state index in [0.29, 0.717) is 0 Å². The number of para-hydroxylation sites is 1. The van der Waals surface area contributed by atoms with Gasteiger partial charge in [0.1, 0.15) is 0 Å². The molecule has 0 amide bonds. The monoisotopic (exact) mass is 1100 g/mol. The van der Waals surface area contributed by atoms with E-state index in [1.54, 1.807) is 0 Å². The van der Waals surface area contributed by atoms with Crippen LogP contribution in [0.5, 0.6) is 0 Å². The van der Waals surface area contributed by atoms with Gasteiger partial charge in [-0.3, -0.25) is 0 Å². The largest absolute Gasteiger partial charge is 0.309 e. The first-order valence-corrected chi connectivity index (χ1v) is 25.7. The quantitative estimate of drug-likeness (QED) is 0.144. The highest BCUT2D eigenvalue weighted by Gasteiger charge is 2.37. The Kier molecular flexibility index (Phi) is 10.3. The molecule has 0 saturated carbocycles. The minimum Gasteiger partial charge on any atom is -0.309 e. The van der Waals surface area contributed by atoms with Gasteiger partial charge in [0.05, 0.1) is 11.0 Å². The smallest absolute Gasteiger partial charge is 0.0547 e. The van der Waals surface area contributed by atoms with Crippen LogP contribution in [0.1, 0.15) is 61.1 Å². The second-order valence-corrected chi connectivity index (χ2v) is 22.3. The zero-order valence-electron chi connectivity index (χ0n) is 37.8. The number of fused-ring (bicyclic) bond motifs is 16. The molecule has 3 aliphatic rings. The summed E-state index contributed by atoms with van der Waals surface area (Å²) in [5.41, 5.74) is 20.7. The Morgan fingerprint density at radius 1 is 0.418 bits per heavy atom. The molecule has 67 heavy (non-hydrogen) atoms. The highest BCUT2D eigenvalue weighted by Crippen LogP contribution is 2.52. The molecule has 0 atom stereocenters. The highest BCUT2D eigenvalue weighted by atomic mass is 127. The summed E-state index contributed by atoms with van der Waals surface area (Å²) in [6.07, 6.45) is 1.08. The number of hydrogen-bond acceptors (Lipinski definition) is 0. The van der Waals surface area contributed by atoms with Gasteiger partial charge in [-0.1, -0.05) is 193 Å². The van der Waals surface area contributed by atoms with E-state index >= 15 is 0 Å². The summed E-state index contributed by atoms with van der Waals surface area (Å²) < 4.78 is 6.04. The molecular weight excluding hydrogens is 1060 g/mol. The fourth-order valence-corrected chi connectivity index (χ4v) is 12.7. The third kappa shape index (κ3) is 6.88. The topological polar surface area (TPSA) is 4.93 Å². The van der Waals surface area contributed by atoms with Gasteiger partial charge in [0.2, 0.25) is 0 Å². The van der Waals surface area contributed by atoms with E-state index in [1.807, 2.05) is 0 Å². The van der Waals surface area contributed by atoms with Crippen LogP contribution < -0.4 is 0 Å². The van der Waals surface area contributed by atoms with Crippen LogP contribution in [0, 0.1) is 3.57 Å². The second kappa shape index (κ2) is 16.2. The van der Waals surface area contributed by atoms with E-state index in [1.165, 1.54) is 119 Å². The molecule has 1 aromatic heterocycles. The van der Waals surface area contributed by atoms with Crippen molar-refractivity contribution in [3.05, 3.63) is 240 Å². The van der Waals surface area contributed by atoms with Gasteiger partial charge in [0.25, 0.3) is 0 Å². The third-order valence-corrected chi connectivity index (χ3v) is 16.4. The maximum atomic E-state index is 3.68. The van der Waals surface area contributed by atoms with E-state index in [0.717, 1.165) is 15.4 Å². The first-order valence-electron chi connectivity index (χ1n) is 23.0. The first-order chi connectivity index (χ1) is 32.5. The second-order valence-electron chi connectivity index (χ2n) is 19.2. The SMILES string of the molecule is CC1(C)c2cc(Br)ccc2-c2ccc(-n3c4ccccc4c4c5ccccc5ccc43)cc21.CC1(C)c2cc(Br)ccc2-c2ccc(I)cc21.c1ccc2c(c1)Cc1ccc3ccccc3c1-2. The molecule has 3 aliphatic carbocycles. The van der Waals surface area contributed by atoms with Crippen LogP contribution in [-0.4, -0.2) is 4.57 Å². The van der Waals surface area contributed by atoms with E-state index in [-0.39, 0.29) is 10.8 Å². The summed E-state index contributed by atoms with van der Waals surface area (Å²) >= 11 is 9.64. The zero-order valence-corrected chi connectivity index (χ0v) is 43.1. The van der Waals surface area contributed by atoms with E-state index in [2.05, 4.69) is 281 Å². The minimum absolute atomic E-state index is 0.0457. The number of rotatable bonds is 1. The van der Waals surface area contributed by atoms with Crippen LogP contribution >= 0.6 is 54.5 Å². The average Bonchev–Trinajstić information content (AvgIpc) is 4.03. The summed E-state index contributed by atoms with van der Waals surface area (Å²) in [6, 6.07) is 71.0. The number of halogens is 3. The molecule has 0 aliphatic heterocycles. The lowest BCUT2D eigenvalue weighted by molar-refractivity contribution is 0.659. The maximum absolute atomic E-state index is 3.68. The van der Waals surface area contributed by atoms with Gasteiger partial charge in [-0.2, -0.15) is 0 Å². The Bertz CT molecular complexity index is 3780. The predicted octanol–water partition coefficient (Wildman–Crippen LogP) is 18.8. The van der Waals surface area contributed by atoms with E-state index in [4.69, 9.17) is 0 Å². The summed E-state index contributed by atoms with van der Waals surface area (Å²) in [5, 5.41) is 7.94. The Labute approximate surface area is 422 Å². The van der Waals surface area contributed by atoms with Crippen molar-refractivity contribution in [3.63, 3.8) is 0 Å². The molecular formula is C63H46Br2IN. The predicted molar refractivity (Wildman–Crippen MR) is 300 cm³/mol. The summed E-state index contributed by atoms with van der Waals surface area (Å²) in [7, 11) is 0. The summed E-state index contributed by atoms with van der Waals surface area (Å²) in [5.74, 6) is 0. The molecule has 1 nitrogen and oxygen atoms in total. The first kappa shape index (κ1) is 42.6. The molecule has 0 N–H and O–H groups in total. The molecule has 0 radical (unpaired) electrons. The van der Waals surface area contributed by atoms with Crippen molar-refractivity contribution >= 4 is 97.8 Å². The van der Waals surface area contributed by atoms with Crippen molar-refractivity contribution in [3.8, 4) is 39.1 Å². The van der Waals surface area contributed by atoms with Gasteiger partial charge in [-0.15, -0.1) is 0 Å². The Hall–Kier alpha value is -5.79. The Morgan fingerprint density at radius 3 is 1.64 bits per heavy atom. The number of aromatic nitrogens is 1. The fraction of sp³-hybridized carbons (Fsp3) is 0.111. The zero-order chi connectivity index (χ0) is 45.8. The van der Waals surface area contributed by atoms with Crippen molar-refractivity contribution in [2.75, 3.05) is 0 Å². The third-order valence-electron chi connectivity index (χ3n) is 14.7. The van der Waals surface area contributed by atoms with Gasteiger partial charge in [-0.05, 0) is 178 Å². The normalized spacial score (nSPS) is 14.1. The molecule has 324 valence electrons. The van der Waals surface area contributed by atoms with Crippen molar-refractivity contribution in [2.24, 2.45) is 0 Å². The fourth-order valence-electron chi connectivity index (χ4n) is 11.4. The van der Waals surface area contributed by atoms with Gasteiger partial charge in [0, 0.05) is 39.8 Å². The van der Waals surface area contributed by atoms with E-state index < -0.39 is 0 Å². The van der Waals surface area contributed by atoms with Crippen LogP contribution in [-0.2, 0) is 17.3 Å². The van der Waals surface area contributed by atoms with E-state index in [9.17, 15) is 0 Å². The molecule has 0 saturated heterocycles. The van der Waals surface area contributed by atoms with Crippen LogP contribution in [0.4, 0.5) is 0 Å². The van der Waals surface area contributed by atoms with Gasteiger partial charge >= 0.3 is 0 Å². The van der Waals surface area contributed by atoms with Crippen LogP contribution in [0.2, 0.25) is 0 Å². The summed E-state index contributed by atoms with van der Waals surface area (Å²) in [6.45, 7) is 9.29. The van der Waals surface area contributed by atoms with Crippen molar-refractivity contribution in [2.45, 2.75) is 44.9 Å². The van der Waals surface area contributed by atoms with Crippen LogP contribution in [0.15, 0.2) is 203 Å². The Morgan fingerprint density at radius 2 is 0.940 bits per heavy atom. The molecule has 0 spiro atoms. The lowest BCUT2D eigenvalue weighted by Crippen LogP contribution is -2.15. The number of hydrogen-bond donors (Lipinski definition) is 0. The molecule has 14 rings (SSSR count). The Balaban J connectivity index is 0.000000116. The molecule has 10 aromatic carbocycles. The molecule has 11 aromatic rings. The standard InChI is InChI=1S/C31H22BrN.C17H12.C15H12BrI/c1-31(2)26-17-20(32)12-14-23(26)24-15-13-21(18-27(24)31)33-28-10-6-5-9-25(28)30-22-8-4-3-7-19(22)11-16-29(30)33;1-3-7-15-12(5-1)9-10-14-11-13-6-2-4-8-16(13)17(14)15;1-15(2)13-7-9(16)3-5-11(13)12-6-4-10(17)8-14(12)15/h3-18H,1-2H3;1-10H,11H2;3-8H,1-2H3.